The zero-order valence-corrected chi connectivity index (χ0v) is 32.4. The van der Waals surface area contributed by atoms with Gasteiger partial charge in [-0.25, -0.2) is 9.78 Å². The van der Waals surface area contributed by atoms with Crippen LogP contribution < -0.4 is 20.7 Å². The molecule has 0 aliphatic carbocycles. The molecule has 2 aliphatic heterocycles. The van der Waals surface area contributed by atoms with Crippen molar-refractivity contribution < 1.29 is 19.3 Å². The first-order chi connectivity index (χ1) is 26.8. The highest BCUT2D eigenvalue weighted by Gasteiger charge is 2.37. The van der Waals surface area contributed by atoms with Gasteiger partial charge in [-0.05, 0) is 104 Å². The van der Waals surface area contributed by atoms with Crippen LogP contribution in [0.25, 0.3) is 22.6 Å². The molecule has 1 N–H and O–H groups in total. The Morgan fingerprint density at radius 3 is 1.78 bits per heavy atom. The second-order valence-corrected chi connectivity index (χ2v) is 14.1. The van der Waals surface area contributed by atoms with Crippen molar-refractivity contribution in [2.45, 2.75) is 83.9 Å². The molecule has 2 heterocycles. The van der Waals surface area contributed by atoms with E-state index in [1.165, 1.54) is 4.57 Å². The molecule has 6 rings (SSSR count). The minimum absolute atomic E-state index is 0.137. The van der Waals surface area contributed by atoms with E-state index in [0.29, 0.717) is 37.3 Å². The number of rotatable bonds is 19. The summed E-state index contributed by atoms with van der Waals surface area (Å²) in [6, 6.07) is 30.5. The summed E-state index contributed by atoms with van der Waals surface area (Å²) < 4.78 is 21.2. The molecule has 0 saturated heterocycles. The number of aliphatic hydroxyl groups is 1. The van der Waals surface area contributed by atoms with Crippen LogP contribution >= 0.6 is 0 Å². The number of methoxy groups -OCH3 is 2. The maximum atomic E-state index is 13.7. The van der Waals surface area contributed by atoms with Crippen LogP contribution in [0.4, 0.5) is 0 Å². The number of ether oxygens (including phenoxy) is 3. The van der Waals surface area contributed by atoms with Crippen LogP contribution in [0, 0.1) is 13.8 Å². The predicted molar refractivity (Wildman–Crippen MR) is 216 cm³/mol. The zero-order chi connectivity index (χ0) is 38.8. The lowest BCUT2D eigenvalue weighted by atomic mass is 9.80. The molecule has 10 heteroatoms. The third kappa shape index (κ3) is 8.66. The van der Waals surface area contributed by atoms with Crippen molar-refractivity contribution in [1.82, 2.24) is 19.1 Å². The SMILES string of the molecule is COc1ccc(C(OCCCCCCn2c3nc(=O)n(CCCCCCO)c(=O)c-3nc3cc(C)c(C)cc32)(c2ccccc2)c2ccc(OC)cc2)cc1. The van der Waals surface area contributed by atoms with E-state index in [2.05, 4.69) is 54.4 Å². The largest absolute Gasteiger partial charge is 0.497 e. The van der Waals surface area contributed by atoms with Crippen molar-refractivity contribution in [3.8, 4) is 23.0 Å². The van der Waals surface area contributed by atoms with Crippen LogP contribution in [-0.4, -0.2) is 51.6 Å². The summed E-state index contributed by atoms with van der Waals surface area (Å²) in [6.45, 7) is 5.60. The Hall–Kier alpha value is -5.32. The summed E-state index contributed by atoms with van der Waals surface area (Å²) in [5.41, 5.74) is 5.17. The number of aryl methyl sites for hydroxylation is 3. The van der Waals surface area contributed by atoms with Gasteiger partial charge in [0.05, 0.1) is 25.3 Å². The lowest BCUT2D eigenvalue weighted by Crippen LogP contribution is -2.38. The molecule has 288 valence electrons. The highest BCUT2D eigenvalue weighted by Crippen LogP contribution is 2.42. The molecule has 0 saturated carbocycles. The van der Waals surface area contributed by atoms with Crippen LogP contribution in [0.2, 0.25) is 0 Å². The summed E-state index contributed by atoms with van der Waals surface area (Å²) in [4.78, 5) is 36.1. The minimum Gasteiger partial charge on any atom is -0.497 e. The normalized spacial score (nSPS) is 11.7. The monoisotopic (exact) mass is 744 g/mol. The average molecular weight is 745 g/mol. The van der Waals surface area contributed by atoms with E-state index in [0.717, 1.165) is 83.4 Å². The lowest BCUT2D eigenvalue weighted by molar-refractivity contribution is 0.0106. The van der Waals surface area contributed by atoms with Gasteiger partial charge in [0.15, 0.2) is 11.5 Å². The molecular weight excluding hydrogens is 693 g/mol. The van der Waals surface area contributed by atoms with Crippen LogP contribution in [0.1, 0.15) is 79.2 Å². The van der Waals surface area contributed by atoms with Crippen LogP contribution in [0.15, 0.2) is 101 Å². The molecule has 0 atom stereocenters. The first kappa shape index (κ1) is 39.4. The van der Waals surface area contributed by atoms with Gasteiger partial charge >= 0.3 is 5.69 Å². The quantitative estimate of drug-likeness (QED) is 0.0507. The number of hydrogen-bond acceptors (Lipinski definition) is 8. The second-order valence-electron chi connectivity index (χ2n) is 14.1. The summed E-state index contributed by atoms with van der Waals surface area (Å²) in [5, 5.41) is 9.09. The molecule has 55 heavy (non-hydrogen) atoms. The molecule has 0 spiro atoms. The third-order valence-corrected chi connectivity index (χ3v) is 10.5. The highest BCUT2D eigenvalue weighted by molar-refractivity contribution is 5.81. The fraction of sp³-hybridized carbons (Fsp3) is 0.378. The van der Waals surface area contributed by atoms with Gasteiger partial charge in [-0.3, -0.25) is 9.36 Å². The van der Waals surface area contributed by atoms with Crippen molar-refractivity contribution in [2.75, 3.05) is 27.4 Å². The number of unbranched alkanes of at least 4 members (excludes halogenated alkanes) is 6. The minimum atomic E-state index is -0.867. The fourth-order valence-electron chi connectivity index (χ4n) is 7.31. The predicted octanol–water partition coefficient (Wildman–Crippen LogP) is 7.81. The van der Waals surface area contributed by atoms with E-state index in [9.17, 15) is 9.59 Å². The van der Waals surface area contributed by atoms with Crippen molar-refractivity contribution in [1.29, 1.82) is 0 Å². The Morgan fingerprint density at radius 1 is 0.636 bits per heavy atom. The van der Waals surface area contributed by atoms with Crippen molar-refractivity contribution in [2.24, 2.45) is 0 Å². The Labute approximate surface area is 322 Å². The van der Waals surface area contributed by atoms with E-state index in [-0.39, 0.29) is 18.8 Å². The van der Waals surface area contributed by atoms with Gasteiger partial charge in [0.1, 0.15) is 17.1 Å². The molecule has 0 unspecified atom stereocenters. The van der Waals surface area contributed by atoms with Crippen molar-refractivity contribution in [3.63, 3.8) is 0 Å². The Bertz CT molecular complexity index is 2200. The molecule has 4 aromatic carbocycles. The van der Waals surface area contributed by atoms with Gasteiger partial charge in [-0.15, -0.1) is 0 Å². The number of hydrogen-bond donors (Lipinski definition) is 1. The van der Waals surface area contributed by atoms with Crippen LogP contribution in [0.5, 0.6) is 11.5 Å². The fourth-order valence-corrected chi connectivity index (χ4v) is 7.31. The third-order valence-electron chi connectivity index (χ3n) is 10.5. The van der Waals surface area contributed by atoms with Gasteiger partial charge in [0, 0.05) is 26.3 Å². The molecule has 0 bridgehead atoms. The molecule has 0 fully saturated rings. The Morgan fingerprint density at radius 2 is 1.18 bits per heavy atom. The Balaban J connectivity index is 1.21. The molecule has 2 aliphatic rings. The topological polar surface area (TPSA) is 118 Å². The maximum Gasteiger partial charge on any atom is 0.352 e. The molecule has 4 aromatic rings. The maximum absolute atomic E-state index is 13.7. The molecule has 0 aromatic heterocycles. The average Bonchev–Trinajstić information content (AvgIpc) is 3.21. The van der Waals surface area contributed by atoms with Gasteiger partial charge in [0.25, 0.3) is 5.56 Å². The Kier molecular flexibility index (Phi) is 13.1. The molecule has 0 radical (unpaired) electrons. The lowest BCUT2D eigenvalue weighted by Gasteiger charge is -2.36. The van der Waals surface area contributed by atoms with E-state index >= 15 is 0 Å². The summed E-state index contributed by atoms with van der Waals surface area (Å²) in [5.74, 6) is 1.88. The second kappa shape index (κ2) is 18.3. The van der Waals surface area contributed by atoms with Gasteiger partial charge in [-0.1, -0.05) is 80.3 Å². The number of aliphatic hydroxyl groups excluding tert-OH is 1. The van der Waals surface area contributed by atoms with Crippen LogP contribution in [-0.2, 0) is 23.4 Å². The zero-order valence-electron chi connectivity index (χ0n) is 32.4. The summed E-state index contributed by atoms with van der Waals surface area (Å²) in [6.07, 6.45) is 6.48. The first-order valence-corrected chi connectivity index (χ1v) is 19.3. The number of aromatic nitrogens is 4. The summed E-state index contributed by atoms with van der Waals surface area (Å²) in [7, 11) is 3.33. The standard InChI is InChI=1S/C45H52N4O6/c1-32-30-39-40(31-33(32)2)48(42-41(46-39)43(51)49(44(52)47-42)27-13-5-7-14-28-50)26-12-6-8-15-29-55-45(34-16-10-9-11-17-34,35-18-22-37(53-3)23-19-35)36-20-24-38(54-4)25-21-36/h9-11,16-25,30-31,50H,5-8,12-15,26-29H2,1-4H3. The number of nitrogens with zero attached hydrogens (tertiary/aromatic N) is 4. The molecular formula is C45H52N4O6. The smallest absolute Gasteiger partial charge is 0.352 e. The van der Waals surface area contributed by atoms with Crippen LogP contribution in [0.3, 0.4) is 0 Å². The van der Waals surface area contributed by atoms with E-state index < -0.39 is 16.9 Å². The first-order valence-electron chi connectivity index (χ1n) is 19.3. The molecule has 0 amide bonds. The summed E-state index contributed by atoms with van der Waals surface area (Å²) >= 11 is 0. The highest BCUT2D eigenvalue weighted by atomic mass is 16.5. The van der Waals surface area contributed by atoms with Gasteiger partial charge in [0.2, 0.25) is 0 Å². The van der Waals surface area contributed by atoms with E-state index in [1.807, 2.05) is 60.0 Å². The van der Waals surface area contributed by atoms with Crippen molar-refractivity contribution >= 4 is 11.0 Å². The number of fused-ring (bicyclic) bond motifs is 2. The van der Waals surface area contributed by atoms with Gasteiger partial charge in [-0.2, -0.15) is 4.98 Å². The van der Waals surface area contributed by atoms with E-state index in [1.54, 1.807) is 14.2 Å². The van der Waals surface area contributed by atoms with Gasteiger partial charge < -0.3 is 23.9 Å². The van der Waals surface area contributed by atoms with Crippen molar-refractivity contribution in [3.05, 3.63) is 140 Å². The van der Waals surface area contributed by atoms with E-state index in [4.69, 9.17) is 24.3 Å². The molecule has 10 nitrogen and oxygen atoms in total. The number of benzene rings is 4.